The highest BCUT2D eigenvalue weighted by Gasteiger charge is 2.34. The van der Waals surface area contributed by atoms with Gasteiger partial charge in [0.25, 0.3) is 5.91 Å². The van der Waals surface area contributed by atoms with Gasteiger partial charge in [-0.3, -0.25) is 4.79 Å². The largest absolute Gasteiger partial charge is 0.341 e. The first kappa shape index (κ1) is 18.1. The summed E-state index contributed by atoms with van der Waals surface area (Å²) in [6.07, 6.45) is 8.04. The number of rotatable bonds is 5. The lowest BCUT2D eigenvalue weighted by atomic mass is 9.83. The molecular formula is C20H28N6O. The normalized spacial score (nSPS) is 23.0. The lowest BCUT2D eigenvalue weighted by Gasteiger charge is -2.45. The Hall–Kier alpha value is -2.28. The molecule has 0 bridgehead atoms. The molecule has 144 valence electrons. The minimum Gasteiger partial charge on any atom is -0.341 e. The summed E-state index contributed by atoms with van der Waals surface area (Å²) < 4.78 is 1.67. The van der Waals surface area contributed by atoms with Crippen molar-refractivity contribution in [1.29, 1.82) is 0 Å². The Kier molecular flexibility index (Phi) is 5.48. The van der Waals surface area contributed by atoms with Crippen molar-refractivity contribution in [3.05, 3.63) is 41.7 Å². The van der Waals surface area contributed by atoms with Gasteiger partial charge in [0.05, 0.1) is 6.54 Å². The molecule has 0 spiro atoms. The molecule has 1 aromatic heterocycles. The molecule has 0 aliphatic carbocycles. The summed E-state index contributed by atoms with van der Waals surface area (Å²) >= 11 is 0. The molecule has 2 aliphatic heterocycles. The molecule has 0 saturated carbocycles. The standard InChI is InChI=1S/C20H28N6O/c1-24(14-18-5-4-12-25-11-3-2-6-19(18)25)20(27)17-9-7-16(8-10-17)13-26-15-21-22-23-26/h7-10,15,18-19H,2-6,11-14H2,1H3/t18-,19+/m1/s1. The van der Waals surface area contributed by atoms with E-state index in [1.54, 1.807) is 11.0 Å². The molecule has 3 heterocycles. The molecular weight excluding hydrogens is 340 g/mol. The van der Waals surface area contributed by atoms with Crippen LogP contribution in [0.3, 0.4) is 0 Å². The zero-order valence-corrected chi connectivity index (χ0v) is 16.0. The number of carbonyl (C=O) groups excluding carboxylic acids is 1. The minimum atomic E-state index is 0.108. The zero-order valence-electron chi connectivity index (χ0n) is 16.0. The van der Waals surface area contributed by atoms with Crippen molar-refractivity contribution in [2.45, 2.75) is 44.7 Å². The van der Waals surface area contributed by atoms with Crippen molar-refractivity contribution in [3.8, 4) is 0 Å². The van der Waals surface area contributed by atoms with Gasteiger partial charge in [0.15, 0.2) is 0 Å². The number of hydrogen-bond donors (Lipinski definition) is 0. The Balaban J connectivity index is 1.37. The second kappa shape index (κ2) is 8.17. The van der Waals surface area contributed by atoms with Crippen LogP contribution in [0.1, 0.15) is 48.0 Å². The SMILES string of the molecule is CN(C[C@H]1CCCN2CCCC[C@@H]12)C(=O)c1ccc(Cn2cnnn2)cc1. The number of piperidine rings is 2. The van der Waals surface area contributed by atoms with E-state index < -0.39 is 0 Å². The summed E-state index contributed by atoms with van der Waals surface area (Å²) in [5.74, 6) is 0.712. The van der Waals surface area contributed by atoms with E-state index in [0.29, 0.717) is 18.5 Å². The molecule has 0 N–H and O–H groups in total. The average molecular weight is 368 g/mol. The van der Waals surface area contributed by atoms with E-state index in [9.17, 15) is 4.79 Å². The quantitative estimate of drug-likeness (QED) is 0.808. The number of fused-ring (bicyclic) bond motifs is 1. The second-order valence-corrected chi connectivity index (χ2v) is 7.89. The van der Waals surface area contributed by atoms with Crippen LogP contribution in [0.4, 0.5) is 0 Å². The van der Waals surface area contributed by atoms with E-state index in [1.165, 1.54) is 45.2 Å². The van der Waals surface area contributed by atoms with Gasteiger partial charge in [0, 0.05) is 25.2 Å². The van der Waals surface area contributed by atoms with Gasteiger partial charge in [0.2, 0.25) is 0 Å². The minimum absolute atomic E-state index is 0.108. The third kappa shape index (κ3) is 4.18. The van der Waals surface area contributed by atoms with Gasteiger partial charge in [-0.1, -0.05) is 18.6 Å². The van der Waals surface area contributed by atoms with E-state index >= 15 is 0 Å². The van der Waals surface area contributed by atoms with Gasteiger partial charge >= 0.3 is 0 Å². The van der Waals surface area contributed by atoms with Crippen LogP contribution in [-0.2, 0) is 6.54 Å². The zero-order chi connectivity index (χ0) is 18.6. The number of aromatic nitrogens is 4. The Morgan fingerprint density at radius 2 is 1.96 bits per heavy atom. The smallest absolute Gasteiger partial charge is 0.253 e. The number of hydrogen-bond acceptors (Lipinski definition) is 5. The van der Waals surface area contributed by atoms with Crippen molar-refractivity contribution >= 4 is 5.91 Å². The van der Waals surface area contributed by atoms with Crippen molar-refractivity contribution in [3.63, 3.8) is 0 Å². The van der Waals surface area contributed by atoms with Gasteiger partial charge < -0.3 is 9.80 Å². The fraction of sp³-hybridized carbons (Fsp3) is 0.600. The molecule has 4 rings (SSSR count). The number of benzene rings is 1. The maximum absolute atomic E-state index is 12.9. The Morgan fingerprint density at radius 1 is 1.15 bits per heavy atom. The highest BCUT2D eigenvalue weighted by molar-refractivity contribution is 5.94. The first-order valence-electron chi connectivity index (χ1n) is 10.00. The Labute approximate surface area is 160 Å². The molecule has 1 amide bonds. The maximum atomic E-state index is 12.9. The molecule has 27 heavy (non-hydrogen) atoms. The van der Waals surface area contributed by atoms with Gasteiger partial charge in [-0.25, -0.2) is 4.68 Å². The number of carbonyl (C=O) groups is 1. The first-order valence-corrected chi connectivity index (χ1v) is 10.00. The third-order valence-electron chi connectivity index (χ3n) is 6.02. The van der Waals surface area contributed by atoms with Gasteiger partial charge in [-0.2, -0.15) is 0 Å². The van der Waals surface area contributed by atoms with E-state index in [4.69, 9.17) is 0 Å². The lowest BCUT2D eigenvalue weighted by Crippen LogP contribution is -2.51. The summed E-state index contributed by atoms with van der Waals surface area (Å²) in [6.45, 7) is 3.94. The van der Waals surface area contributed by atoms with E-state index in [2.05, 4.69) is 20.4 Å². The summed E-state index contributed by atoms with van der Waals surface area (Å²) in [5, 5.41) is 11.2. The fourth-order valence-electron chi connectivity index (χ4n) is 4.64. The maximum Gasteiger partial charge on any atom is 0.253 e. The van der Waals surface area contributed by atoms with Crippen LogP contribution in [0.15, 0.2) is 30.6 Å². The van der Waals surface area contributed by atoms with Crippen molar-refractivity contribution in [1.82, 2.24) is 30.0 Å². The number of tetrazole rings is 1. The molecule has 1 aromatic carbocycles. The number of amides is 1. The summed E-state index contributed by atoms with van der Waals surface area (Å²) in [4.78, 5) is 17.5. The predicted molar refractivity (Wildman–Crippen MR) is 102 cm³/mol. The Bertz CT molecular complexity index is 742. The van der Waals surface area contributed by atoms with Crippen LogP contribution < -0.4 is 0 Å². The summed E-state index contributed by atoms with van der Waals surface area (Å²) in [7, 11) is 1.94. The highest BCUT2D eigenvalue weighted by atomic mass is 16.2. The first-order chi connectivity index (χ1) is 13.2. The summed E-state index contributed by atoms with van der Waals surface area (Å²) in [6, 6.07) is 8.44. The van der Waals surface area contributed by atoms with Crippen LogP contribution in [0.25, 0.3) is 0 Å². The summed E-state index contributed by atoms with van der Waals surface area (Å²) in [5.41, 5.74) is 1.82. The third-order valence-corrected chi connectivity index (χ3v) is 6.02. The van der Waals surface area contributed by atoms with Crippen LogP contribution in [0.5, 0.6) is 0 Å². The van der Waals surface area contributed by atoms with Crippen LogP contribution in [0.2, 0.25) is 0 Å². The monoisotopic (exact) mass is 368 g/mol. The Morgan fingerprint density at radius 3 is 2.74 bits per heavy atom. The van der Waals surface area contributed by atoms with E-state index in [0.717, 1.165) is 17.7 Å². The molecule has 0 radical (unpaired) electrons. The van der Waals surface area contributed by atoms with Crippen molar-refractivity contribution < 1.29 is 4.79 Å². The molecule has 2 aromatic rings. The average Bonchev–Trinajstić information content (AvgIpc) is 3.21. The van der Waals surface area contributed by atoms with Gasteiger partial charge in [0.1, 0.15) is 6.33 Å². The van der Waals surface area contributed by atoms with Crippen LogP contribution in [0, 0.1) is 5.92 Å². The molecule has 2 aliphatic rings. The lowest BCUT2D eigenvalue weighted by molar-refractivity contribution is 0.0403. The molecule has 7 nitrogen and oxygen atoms in total. The van der Waals surface area contributed by atoms with Gasteiger partial charge in [-0.05, 0) is 72.8 Å². The van der Waals surface area contributed by atoms with Gasteiger partial charge in [-0.15, -0.1) is 5.10 Å². The molecule has 0 unspecified atom stereocenters. The van der Waals surface area contributed by atoms with Crippen molar-refractivity contribution in [2.75, 3.05) is 26.7 Å². The molecule has 2 saturated heterocycles. The molecule has 2 fully saturated rings. The van der Waals surface area contributed by atoms with Crippen LogP contribution >= 0.6 is 0 Å². The number of nitrogens with zero attached hydrogens (tertiary/aromatic N) is 6. The van der Waals surface area contributed by atoms with E-state index in [1.807, 2.05) is 36.2 Å². The highest BCUT2D eigenvalue weighted by Crippen LogP contribution is 2.31. The van der Waals surface area contributed by atoms with Crippen LogP contribution in [-0.4, -0.2) is 68.6 Å². The predicted octanol–water partition coefficient (Wildman–Crippen LogP) is 2.06. The van der Waals surface area contributed by atoms with Crippen molar-refractivity contribution in [2.24, 2.45) is 5.92 Å². The van der Waals surface area contributed by atoms with E-state index in [-0.39, 0.29) is 5.91 Å². The molecule has 2 atom stereocenters. The molecule has 7 heteroatoms. The fourth-order valence-corrected chi connectivity index (χ4v) is 4.64. The second-order valence-electron chi connectivity index (χ2n) is 7.89. The topological polar surface area (TPSA) is 67.2 Å².